The Morgan fingerprint density at radius 3 is 2.62 bits per heavy atom. The summed E-state index contributed by atoms with van der Waals surface area (Å²) in [4.78, 5) is 0. The highest BCUT2D eigenvalue weighted by Crippen LogP contribution is 2.20. The number of hydrogen-bond acceptors (Lipinski definition) is 2. The van der Waals surface area contributed by atoms with E-state index in [9.17, 15) is 4.39 Å². The highest BCUT2D eigenvalue weighted by atomic mass is 19.1. The van der Waals surface area contributed by atoms with Crippen LogP contribution in [0.15, 0.2) is 36.5 Å². The maximum absolute atomic E-state index is 13.0. The molecule has 0 radical (unpaired) electrons. The van der Waals surface area contributed by atoms with Gasteiger partial charge < -0.3 is 5.32 Å². The van der Waals surface area contributed by atoms with E-state index in [0.29, 0.717) is 12.0 Å². The van der Waals surface area contributed by atoms with Gasteiger partial charge in [0.05, 0.1) is 5.69 Å². The number of aromatic nitrogens is 2. The predicted molar refractivity (Wildman–Crippen MR) is 81.5 cm³/mol. The van der Waals surface area contributed by atoms with Gasteiger partial charge in [-0.3, -0.25) is 4.68 Å². The highest BCUT2D eigenvalue weighted by Gasteiger charge is 2.22. The molecule has 4 heteroatoms. The van der Waals surface area contributed by atoms with Gasteiger partial charge in [-0.25, -0.2) is 4.39 Å². The van der Waals surface area contributed by atoms with Crippen molar-refractivity contribution in [3.05, 3.63) is 53.6 Å². The zero-order valence-electron chi connectivity index (χ0n) is 12.4. The summed E-state index contributed by atoms with van der Waals surface area (Å²) in [6.07, 6.45) is 6.49. The summed E-state index contributed by atoms with van der Waals surface area (Å²) < 4.78 is 14.9. The minimum absolute atomic E-state index is 0.170. The number of aryl methyl sites for hydroxylation is 1. The fourth-order valence-electron chi connectivity index (χ4n) is 2.66. The number of benzene rings is 1. The van der Waals surface area contributed by atoms with Crippen molar-refractivity contribution < 1.29 is 4.39 Å². The minimum Gasteiger partial charge on any atom is -0.314 e. The molecule has 0 bridgehead atoms. The van der Waals surface area contributed by atoms with E-state index in [1.807, 2.05) is 30.1 Å². The lowest BCUT2D eigenvalue weighted by molar-refractivity contribution is 0.462. The molecule has 1 aromatic heterocycles. The van der Waals surface area contributed by atoms with Gasteiger partial charge in [0.1, 0.15) is 5.82 Å². The van der Waals surface area contributed by atoms with E-state index in [0.717, 1.165) is 25.1 Å². The van der Waals surface area contributed by atoms with Crippen LogP contribution >= 0.6 is 0 Å². The van der Waals surface area contributed by atoms with Crippen molar-refractivity contribution in [2.24, 2.45) is 13.0 Å². The summed E-state index contributed by atoms with van der Waals surface area (Å²) in [5.41, 5.74) is 2.32. The molecule has 1 heterocycles. The Labute approximate surface area is 125 Å². The van der Waals surface area contributed by atoms with Crippen molar-refractivity contribution in [3.63, 3.8) is 0 Å². The van der Waals surface area contributed by atoms with E-state index in [-0.39, 0.29) is 5.82 Å². The molecule has 1 unspecified atom stereocenters. The molecule has 0 aliphatic heterocycles. The molecule has 112 valence electrons. The number of nitrogens with one attached hydrogen (secondary N) is 1. The fraction of sp³-hybridized carbons (Fsp3) is 0.471. The molecule has 0 spiro atoms. The third kappa shape index (κ3) is 4.39. The molecule has 1 aromatic carbocycles. The Hall–Kier alpha value is -1.68. The summed E-state index contributed by atoms with van der Waals surface area (Å²) in [5.74, 6) is 0.321. The van der Waals surface area contributed by atoms with E-state index in [1.165, 1.54) is 18.4 Å². The zero-order valence-corrected chi connectivity index (χ0v) is 12.4. The molecule has 3 nitrogen and oxygen atoms in total. The monoisotopic (exact) mass is 287 g/mol. The number of hydrogen-bond donors (Lipinski definition) is 1. The molecule has 1 saturated carbocycles. The van der Waals surface area contributed by atoms with Crippen LogP contribution in [-0.4, -0.2) is 22.4 Å². The van der Waals surface area contributed by atoms with Crippen LogP contribution in [0.1, 0.15) is 24.1 Å². The molecule has 3 rings (SSSR count). The van der Waals surface area contributed by atoms with Gasteiger partial charge in [-0.15, -0.1) is 0 Å². The van der Waals surface area contributed by atoms with Gasteiger partial charge >= 0.3 is 0 Å². The van der Waals surface area contributed by atoms with Crippen molar-refractivity contribution in [2.45, 2.75) is 31.7 Å². The van der Waals surface area contributed by atoms with Gasteiger partial charge in [-0.1, -0.05) is 12.1 Å². The van der Waals surface area contributed by atoms with E-state index in [1.54, 1.807) is 12.1 Å². The summed E-state index contributed by atoms with van der Waals surface area (Å²) >= 11 is 0. The van der Waals surface area contributed by atoms with Crippen LogP contribution in [0.4, 0.5) is 4.39 Å². The van der Waals surface area contributed by atoms with Crippen LogP contribution in [0.3, 0.4) is 0 Å². The molecule has 1 aliphatic rings. The van der Waals surface area contributed by atoms with Crippen molar-refractivity contribution in [2.75, 3.05) is 6.54 Å². The van der Waals surface area contributed by atoms with Crippen molar-refractivity contribution in [1.29, 1.82) is 0 Å². The first-order valence-electron chi connectivity index (χ1n) is 7.65. The SMILES string of the molecule is Cn1ccc(CC(CNC2CC2)Cc2ccc(F)cc2)n1. The predicted octanol–water partition coefficient (Wildman–Crippen LogP) is 2.71. The largest absolute Gasteiger partial charge is 0.314 e. The Morgan fingerprint density at radius 1 is 1.24 bits per heavy atom. The van der Waals surface area contributed by atoms with E-state index < -0.39 is 0 Å². The highest BCUT2D eigenvalue weighted by molar-refractivity contribution is 5.17. The molecular weight excluding hydrogens is 265 g/mol. The molecule has 1 atom stereocenters. The molecule has 0 amide bonds. The first-order chi connectivity index (χ1) is 10.2. The second-order valence-corrected chi connectivity index (χ2v) is 6.06. The van der Waals surface area contributed by atoms with Crippen LogP contribution in [0, 0.1) is 11.7 Å². The van der Waals surface area contributed by atoms with Crippen LogP contribution < -0.4 is 5.32 Å². The van der Waals surface area contributed by atoms with Crippen molar-refractivity contribution in [1.82, 2.24) is 15.1 Å². The molecule has 2 aromatic rings. The average Bonchev–Trinajstić information content (AvgIpc) is 3.21. The molecule has 1 N–H and O–H groups in total. The van der Waals surface area contributed by atoms with Crippen molar-refractivity contribution in [3.8, 4) is 0 Å². The van der Waals surface area contributed by atoms with Gasteiger partial charge in [0.15, 0.2) is 0 Å². The molecule has 0 saturated heterocycles. The van der Waals surface area contributed by atoms with Crippen LogP contribution in [-0.2, 0) is 19.9 Å². The Morgan fingerprint density at radius 2 is 2.00 bits per heavy atom. The maximum atomic E-state index is 13.0. The van der Waals surface area contributed by atoms with E-state index in [4.69, 9.17) is 0 Å². The molecular formula is C17H22FN3. The molecule has 21 heavy (non-hydrogen) atoms. The zero-order chi connectivity index (χ0) is 14.7. The van der Waals surface area contributed by atoms with Gasteiger partial charge in [-0.2, -0.15) is 5.10 Å². The summed E-state index contributed by atoms with van der Waals surface area (Å²) in [7, 11) is 1.95. The lowest BCUT2D eigenvalue weighted by atomic mass is 9.94. The second kappa shape index (κ2) is 6.39. The normalized spacial score (nSPS) is 16.1. The topological polar surface area (TPSA) is 29.9 Å². The standard InChI is InChI=1S/C17H22FN3/c1-21-9-8-17(20-21)11-14(12-19-16-6-7-16)10-13-2-4-15(18)5-3-13/h2-5,8-9,14,16,19H,6-7,10-12H2,1H3. The quantitative estimate of drug-likeness (QED) is 0.848. The Kier molecular flexibility index (Phi) is 4.34. The molecule has 1 aliphatic carbocycles. The first-order valence-corrected chi connectivity index (χ1v) is 7.65. The van der Waals surface area contributed by atoms with Gasteiger partial charge in [-0.05, 0) is 61.9 Å². The van der Waals surface area contributed by atoms with E-state index >= 15 is 0 Å². The smallest absolute Gasteiger partial charge is 0.123 e. The summed E-state index contributed by atoms with van der Waals surface area (Å²) in [6.45, 7) is 0.999. The second-order valence-electron chi connectivity index (χ2n) is 6.06. The molecule has 1 fully saturated rings. The summed E-state index contributed by atoms with van der Waals surface area (Å²) in [5, 5.41) is 8.08. The minimum atomic E-state index is -0.170. The Bertz CT molecular complexity index is 572. The third-order valence-electron chi connectivity index (χ3n) is 3.98. The number of nitrogens with zero attached hydrogens (tertiary/aromatic N) is 2. The van der Waals surface area contributed by atoms with Crippen LogP contribution in [0.25, 0.3) is 0 Å². The maximum Gasteiger partial charge on any atom is 0.123 e. The fourth-order valence-corrected chi connectivity index (χ4v) is 2.66. The van der Waals surface area contributed by atoms with Gasteiger partial charge in [0.2, 0.25) is 0 Å². The van der Waals surface area contributed by atoms with Gasteiger partial charge in [0.25, 0.3) is 0 Å². The Balaban J connectivity index is 1.63. The average molecular weight is 287 g/mol. The number of halogens is 1. The lowest BCUT2D eigenvalue weighted by Gasteiger charge is -2.17. The van der Waals surface area contributed by atoms with Crippen molar-refractivity contribution >= 4 is 0 Å². The van der Waals surface area contributed by atoms with Crippen LogP contribution in [0.5, 0.6) is 0 Å². The van der Waals surface area contributed by atoms with Crippen LogP contribution in [0.2, 0.25) is 0 Å². The number of rotatable bonds is 7. The third-order valence-corrected chi connectivity index (χ3v) is 3.98. The lowest BCUT2D eigenvalue weighted by Crippen LogP contribution is -2.27. The van der Waals surface area contributed by atoms with Gasteiger partial charge in [0, 0.05) is 19.3 Å². The van der Waals surface area contributed by atoms with E-state index in [2.05, 4.69) is 16.5 Å². The summed E-state index contributed by atoms with van der Waals surface area (Å²) in [6, 6.07) is 9.65. The first kappa shape index (κ1) is 14.3.